The largest absolute Gasteiger partial charge is 0.478 e. The van der Waals surface area contributed by atoms with Gasteiger partial charge in [0.05, 0.1) is 5.57 Å². The van der Waals surface area contributed by atoms with Crippen molar-refractivity contribution >= 4 is 5.97 Å². The molecule has 2 nitrogen and oxygen atoms in total. The quantitative estimate of drug-likeness (QED) is 0.500. The Hall–Kier alpha value is -1.05. The second-order valence-electron chi connectivity index (χ2n) is 2.59. The van der Waals surface area contributed by atoms with Crippen molar-refractivity contribution in [3.63, 3.8) is 0 Å². The first-order chi connectivity index (χ1) is 5.07. The van der Waals surface area contributed by atoms with Gasteiger partial charge >= 0.3 is 5.97 Å². The summed E-state index contributed by atoms with van der Waals surface area (Å²) in [5.74, 6) is -0.854. The molecule has 0 aliphatic carbocycles. The molecule has 1 N–H and O–H groups in total. The standard InChI is InChI=1S/C9H14O2/c1-4-5-8(9(10)11)6-7(2)3/h5-6H,4H2,1-3H3,(H,10,11). The highest BCUT2D eigenvalue weighted by atomic mass is 16.4. The summed E-state index contributed by atoms with van der Waals surface area (Å²) in [6, 6.07) is 0. The van der Waals surface area contributed by atoms with Gasteiger partial charge in [-0.3, -0.25) is 0 Å². The minimum atomic E-state index is -0.854. The van der Waals surface area contributed by atoms with E-state index in [0.717, 1.165) is 12.0 Å². The lowest BCUT2D eigenvalue weighted by Gasteiger charge is -1.94. The Morgan fingerprint density at radius 3 is 2.27 bits per heavy atom. The highest BCUT2D eigenvalue weighted by Crippen LogP contribution is 2.03. The molecule has 0 aromatic carbocycles. The first-order valence-electron chi connectivity index (χ1n) is 3.66. The van der Waals surface area contributed by atoms with Crippen LogP contribution in [0.1, 0.15) is 27.2 Å². The Kier molecular flexibility index (Phi) is 4.27. The van der Waals surface area contributed by atoms with Crippen LogP contribution in [0.2, 0.25) is 0 Å². The van der Waals surface area contributed by atoms with Crippen molar-refractivity contribution in [2.24, 2.45) is 0 Å². The molecule has 0 aliphatic heterocycles. The lowest BCUT2D eigenvalue weighted by atomic mass is 10.1. The molecular formula is C9H14O2. The Morgan fingerprint density at radius 1 is 1.45 bits per heavy atom. The first kappa shape index (κ1) is 9.95. The average molecular weight is 154 g/mol. The number of rotatable bonds is 3. The van der Waals surface area contributed by atoms with E-state index in [9.17, 15) is 4.79 Å². The van der Waals surface area contributed by atoms with Crippen LogP contribution in [0.15, 0.2) is 23.3 Å². The molecule has 0 saturated carbocycles. The zero-order chi connectivity index (χ0) is 8.85. The normalized spacial score (nSPS) is 11.0. The number of carbonyl (C=O) groups is 1. The van der Waals surface area contributed by atoms with Gasteiger partial charge in [-0.15, -0.1) is 0 Å². The third-order valence-corrected chi connectivity index (χ3v) is 1.12. The van der Waals surface area contributed by atoms with E-state index >= 15 is 0 Å². The molecule has 0 rings (SSSR count). The Labute approximate surface area is 67.2 Å². The van der Waals surface area contributed by atoms with Crippen molar-refractivity contribution in [1.29, 1.82) is 0 Å². The van der Waals surface area contributed by atoms with Crippen LogP contribution in [0.4, 0.5) is 0 Å². The molecule has 0 aliphatic rings. The molecule has 0 aromatic rings. The fourth-order valence-corrected chi connectivity index (χ4v) is 0.739. The van der Waals surface area contributed by atoms with Crippen LogP contribution in [0.25, 0.3) is 0 Å². The Bertz CT molecular complexity index is 196. The molecule has 2 heteroatoms. The van der Waals surface area contributed by atoms with Gasteiger partial charge in [0, 0.05) is 0 Å². The summed E-state index contributed by atoms with van der Waals surface area (Å²) in [5, 5.41) is 8.64. The highest BCUT2D eigenvalue weighted by molar-refractivity contribution is 5.89. The van der Waals surface area contributed by atoms with E-state index in [4.69, 9.17) is 5.11 Å². The van der Waals surface area contributed by atoms with Crippen LogP contribution >= 0.6 is 0 Å². The zero-order valence-electron chi connectivity index (χ0n) is 7.22. The van der Waals surface area contributed by atoms with Gasteiger partial charge in [0.15, 0.2) is 0 Å². The zero-order valence-corrected chi connectivity index (χ0v) is 7.22. The lowest BCUT2D eigenvalue weighted by Crippen LogP contribution is -1.97. The van der Waals surface area contributed by atoms with E-state index in [-0.39, 0.29) is 0 Å². The van der Waals surface area contributed by atoms with Crippen molar-refractivity contribution in [3.05, 3.63) is 23.3 Å². The monoisotopic (exact) mass is 154 g/mol. The third-order valence-electron chi connectivity index (χ3n) is 1.12. The van der Waals surface area contributed by atoms with E-state index in [0.29, 0.717) is 5.57 Å². The van der Waals surface area contributed by atoms with Crippen LogP contribution < -0.4 is 0 Å². The van der Waals surface area contributed by atoms with Crippen molar-refractivity contribution in [1.82, 2.24) is 0 Å². The van der Waals surface area contributed by atoms with Gasteiger partial charge in [0.25, 0.3) is 0 Å². The van der Waals surface area contributed by atoms with Crippen LogP contribution in [0.3, 0.4) is 0 Å². The van der Waals surface area contributed by atoms with Gasteiger partial charge in [0.1, 0.15) is 0 Å². The van der Waals surface area contributed by atoms with Crippen molar-refractivity contribution in [3.8, 4) is 0 Å². The number of carboxylic acid groups (broad SMARTS) is 1. The van der Waals surface area contributed by atoms with E-state index in [1.54, 1.807) is 12.2 Å². The average Bonchev–Trinajstić information content (AvgIpc) is 1.86. The second-order valence-corrected chi connectivity index (χ2v) is 2.59. The maximum atomic E-state index is 10.5. The van der Waals surface area contributed by atoms with Gasteiger partial charge in [-0.2, -0.15) is 0 Å². The molecule has 0 aromatic heterocycles. The van der Waals surface area contributed by atoms with Gasteiger partial charge in [-0.05, 0) is 26.3 Å². The predicted molar refractivity (Wildman–Crippen MR) is 45.4 cm³/mol. The first-order valence-corrected chi connectivity index (χ1v) is 3.66. The summed E-state index contributed by atoms with van der Waals surface area (Å²) >= 11 is 0. The topological polar surface area (TPSA) is 37.3 Å². The molecule has 62 valence electrons. The molecule has 0 fully saturated rings. The van der Waals surface area contributed by atoms with Crippen LogP contribution in [0.5, 0.6) is 0 Å². The molecule has 0 bridgehead atoms. The van der Waals surface area contributed by atoms with Crippen LogP contribution in [-0.2, 0) is 4.79 Å². The van der Waals surface area contributed by atoms with E-state index < -0.39 is 5.97 Å². The second kappa shape index (κ2) is 4.72. The van der Waals surface area contributed by atoms with E-state index in [2.05, 4.69) is 0 Å². The molecule has 0 heterocycles. The molecular weight excluding hydrogens is 140 g/mol. The smallest absolute Gasteiger partial charge is 0.335 e. The molecule has 0 spiro atoms. The number of carboxylic acids is 1. The van der Waals surface area contributed by atoms with Crippen LogP contribution in [-0.4, -0.2) is 11.1 Å². The molecule has 0 unspecified atom stereocenters. The summed E-state index contributed by atoms with van der Waals surface area (Å²) in [4.78, 5) is 10.5. The van der Waals surface area contributed by atoms with Gasteiger partial charge in [-0.25, -0.2) is 4.79 Å². The Morgan fingerprint density at radius 2 is 2.00 bits per heavy atom. The Balaban J connectivity index is 4.50. The highest BCUT2D eigenvalue weighted by Gasteiger charge is 2.00. The minimum Gasteiger partial charge on any atom is -0.478 e. The SMILES string of the molecule is CCC=C(C=C(C)C)C(=O)O. The number of aliphatic carboxylic acids is 1. The van der Waals surface area contributed by atoms with Crippen molar-refractivity contribution in [2.45, 2.75) is 27.2 Å². The molecule has 0 atom stereocenters. The maximum Gasteiger partial charge on any atom is 0.335 e. The molecule has 0 saturated heterocycles. The fraction of sp³-hybridized carbons (Fsp3) is 0.444. The lowest BCUT2D eigenvalue weighted by molar-refractivity contribution is -0.132. The summed E-state index contributed by atoms with van der Waals surface area (Å²) in [6.07, 6.45) is 4.13. The summed E-state index contributed by atoms with van der Waals surface area (Å²) in [5.41, 5.74) is 1.39. The third kappa shape index (κ3) is 4.37. The summed E-state index contributed by atoms with van der Waals surface area (Å²) in [7, 11) is 0. The van der Waals surface area contributed by atoms with E-state index in [1.807, 2.05) is 20.8 Å². The van der Waals surface area contributed by atoms with Crippen molar-refractivity contribution < 1.29 is 9.90 Å². The van der Waals surface area contributed by atoms with Gasteiger partial charge in [-0.1, -0.05) is 18.6 Å². The summed E-state index contributed by atoms with van der Waals surface area (Å²) < 4.78 is 0. The number of hydrogen-bond acceptors (Lipinski definition) is 1. The summed E-state index contributed by atoms with van der Waals surface area (Å²) in [6.45, 7) is 5.68. The van der Waals surface area contributed by atoms with Crippen LogP contribution in [0, 0.1) is 0 Å². The number of allylic oxidation sites excluding steroid dienone is 2. The molecule has 11 heavy (non-hydrogen) atoms. The van der Waals surface area contributed by atoms with E-state index in [1.165, 1.54) is 0 Å². The van der Waals surface area contributed by atoms with Crippen molar-refractivity contribution in [2.75, 3.05) is 0 Å². The van der Waals surface area contributed by atoms with Gasteiger partial charge < -0.3 is 5.11 Å². The molecule has 0 amide bonds. The molecule has 0 radical (unpaired) electrons. The number of hydrogen-bond donors (Lipinski definition) is 1. The maximum absolute atomic E-state index is 10.5. The minimum absolute atomic E-state index is 0.382. The van der Waals surface area contributed by atoms with Gasteiger partial charge in [0.2, 0.25) is 0 Å². The fourth-order valence-electron chi connectivity index (χ4n) is 0.739. The predicted octanol–water partition coefficient (Wildman–Crippen LogP) is 2.37.